The first-order valence-electron chi connectivity index (χ1n) is 7.48. The summed E-state index contributed by atoms with van der Waals surface area (Å²) in [7, 11) is 0. The molecule has 0 radical (unpaired) electrons. The van der Waals surface area contributed by atoms with Crippen LogP contribution in [0.15, 0.2) is 42.5 Å². The maximum absolute atomic E-state index is 12.1. The predicted octanol–water partition coefficient (Wildman–Crippen LogP) is 2.18. The van der Waals surface area contributed by atoms with E-state index in [1.807, 2.05) is 37.3 Å². The minimum absolute atomic E-state index is 0.0310. The van der Waals surface area contributed by atoms with Gasteiger partial charge in [0.15, 0.2) is 6.61 Å². The van der Waals surface area contributed by atoms with E-state index >= 15 is 0 Å². The van der Waals surface area contributed by atoms with Gasteiger partial charge < -0.3 is 15.4 Å². The van der Waals surface area contributed by atoms with Crippen molar-refractivity contribution in [3.8, 4) is 5.75 Å². The number of amides is 2. The second-order valence-corrected chi connectivity index (χ2v) is 5.55. The molecule has 118 valence electrons. The van der Waals surface area contributed by atoms with Gasteiger partial charge in [-0.3, -0.25) is 9.59 Å². The van der Waals surface area contributed by atoms with E-state index in [0.717, 1.165) is 16.7 Å². The first kappa shape index (κ1) is 15.1. The van der Waals surface area contributed by atoms with Gasteiger partial charge in [-0.25, -0.2) is 0 Å². The van der Waals surface area contributed by atoms with Crippen molar-refractivity contribution < 1.29 is 14.3 Å². The minimum atomic E-state index is -0.182. The van der Waals surface area contributed by atoms with E-state index in [-0.39, 0.29) is 24.8 Å². The lowest BCUT2D eigenvalue weighted by atomic mass is 10.1. The number of anilines is 1. The molecule has 2 aromatic rings. The van der Waals surface area contributed by atoms with Crippen LogP contribution in [0, 0.1) is 6.92 Å². The van der Waals surface area contributed by atoms with E-state index in [2.05, 4.69) is 10.6 Å². The fraction of sp³-hybridized carbons (Fsp3) is 0.222. The number of carbonyl (C=O) groups excluding carboxylic acids is 2. The molecule has 0 atom stereocenters. The molecule has 5 nitrogen and oxygen atoms in total. The number of nitrogens with one attached hydrogen (secondary N) is 2. The van der Waals surface area contributed by atoms with Crippen molar-refractivity contribution in [1.29, 1.82) is 0 Å². The largest absolute Gasteiger partial charge is 0.482 e. The summed E-state index contributed by atoms with van der Waals surface area (Å²) in [6.07, 6.45) is 0.259. The number of fused-ring (bicyclic) bond motifs is 1. The van der Waals surface area contributed by atoms with Crippen LogP contribution >= 0.6 is 0 Å². The third kappa shape index (κ3) is 3.69. The molecule has 5 heteroatoms. The summed E-state index contributed by atoms with van der Waals surface area (Å²) in [6.45, 7) is 2.56. The topological polar surface area (TPSA) is 67.4 Å². The maximum atomic E-state index is 12.1. The first-order valence-corrected chi connectivity index (χ1v) is 7.48. The molecule has 0 unspecified atom stereocenters. The Morgan fingerprint density at radius 3 is 2.91 bits per heavy atom. The molecule has 2 N–H and O–H groups in total. The molecule has 0 aromatic heterocycles. The predicted molar refractivity (Wildman–Crippen MR) is 87.3 cm³/mol. The smallest absolute Gasteiger partial charge is 0.262 e. The second kappa shape index (κ2) is 6.52. The number of ether oxygens (including phenoxy) is 1. The van der Waals surface area contributed by atoms with Gasteiger partial charge in [-0.2, -0.15) is 0 Å². The molecule has 0 saturated carbocycles. The summed E-state index contributed by atoms with van der Waals surface area (Å²) in [5.41, 5.74) is 3.70. The third-order valence-corrected chi connectivity index (χ3v) is 3.78. The van der Waals surface area contributed by atoms with Gasteiger partial charge in [0.1, 0.15) is 5.75 Å². The van der Waals surface area contributed by atoms with E-state index in [0.29, 0.717) is 18.0 Å². The van der Waals surface area contributed by atoms with Crippen LogP contribution in [-0.2, 0) is 22.6 Å². The van der Waals surface area contributed by atoms with Crippen molar-refractivity contribution in [2.45, 2.75) is 19.9 Å². The normalized spacial score (nSPS) is 12.8. The van der Waals surface area contributed by atoms with E-state index in [4.69, 9.17) is 4.74 Å². The first-order chi connectivity index (χ1) is 11.1. The Bertz CT molecular complexity index is 756. The molecule has 2 amide bonds. The highest BCUT2D eigenvalue weighted by atomic mass is 16.5. The number of benzene rings is 2. The lowest BCUT2D eigenvalue weighted by Gasteiger charge is -2.18. The Kier molecular flexibility index (Phi) is 4.28. The van der Waals surface area contributed by atoms with Gasteiger partial charge in [0.05, 0.1) is 12.1 Å². The van der Waals surface area contributed by atoms with Gasteiger partial charge >= 0.3 is 0 Å². The Labute approximate surface area is 134 Å². The summed E-state index contributed by atoms with van der Waals surface area (Å²) in [6, 6.07) is 13.3. The summed E-state index contributed by atoms with van der Waals surface area (Å²) < 4.78 is 5.30. The van der Waals surface area contributed by atoms with Crippen LogP contribution in [0.4, 0.5) is 5.69 Å². The molecule has 1 aliphatic rings. The third-order valence-electron chi connectivity index (χ3n) is 3.78. The fourth-order valence-corrected chi connectivity index (χ4v) is 2.49. The monoisotopic (exact) mass is 310 g/mol. The highest BCUT2D eigenvalue weighted by molar-refractivity contribution is 5.95. The van der Waals surface area contributed by atoms with Gasteiger partial charge in [0.2, 0.25) is 5.91 Å². The van der Waals surface area contributed by atoms with Crippen molar-refractivity contribution >= 4 is 17.5 Å². The van der Waals surface area contributed by atoms with Crippen LogP contribution < -0.4 is 15.4 Å². The van der Waals surface area contributed by atoms with Crippen LogP contribution in [0.25, 0.3) is 0 Å². The Balaban J connectivity index is 1.61. The molecule has 0 spiro atoms. The van der Waals surface area contributed by atoms with Gasteiger partial charge in [-0.05, 0) is 35.7 Å². The van der Waals surface area contributed by atoms with Crippen molar-refractivity contribution in [1.82, 2.24) is 5.32 Å². The maximum Gasteiger partial charge on any atom is 0.262 e. The molecule has 0 fully saturated rings. The molecule has 2 aromatic carbocycles. The number of hydrogen-bond donors (Lipinski definition) is 2. The van der Waals surface area contributed by atoms with Crippen molar-refractivity contribution in [3.05, 3.63) is 59.2 Å². The Morgan fingerprint density at radius 2 is 2.09 bits per heavy atom. The van der Waals surface area contributed by atoms with Gasteiger partial charge in [0, 0.05) is 6.54 Å². The molecule has 1 heterocycles. The molecule has 0 aliphatic carbocycles. The standard InChI is InChI=1S/C18H18N2O3/c1-12-4-2-3-5-14(12)10-19-17(21)9-13-6-7-16-15(8-13)20-18(22)11-23-16/h2-8H,9-11H2,1H3,(H,19,21)(H,20,22). The molecular formula is C18H18N2O3. The van der Waals surface area contributed by atoms with E-state index in [1.165, 1.54) is 0 Å². The molecule has 0 bridgehead atoms. The Hall–Kier alpha value is -2.82. The highest BCUT2D eigenvalue weighted by Gasteiger charge is 2.16. The number of hydrogen-bond acceptors (Lipinski definition) is 3. The fourth-order valence-electron chi connectivity index (χ4n) is 2.49. The summed E-state index contributed by atoms with van der Waals surface area (Å²) in [5.74, 6) is 0.392. The van der Waals surface area contributed by atoms with E-state index in [1.54, 1.807) is 12.1 Å². The van der Waals surface area contributed by atoms with Gasteiger partial charge in [-0.15, -0.1) is 0 Å². The van der Waals surface area contributed by atoms with E-state index < -0.39 is 0 Å². The van der Waals surface area contributed by atoms with Crippen LogP contribution in [-0.4, -0.2) is 18.4 Å². The summed E-state index contributed by atoms with van der Waals surface area (Å²) >= 11 is 0. The molecule has 23 heavy (non-hydrogen) atoms. The van der Waals surface area contributed by atoms with Crippen LogP contribution in [0.2, 0.25) is 0 Å². The van der Waals surface area contributed by atoms with Crippen molar-refractivity contribution in [2.24, 2.45) is 0 Å². The molecule has 0 saturated heterocycles. The second-order valence-electron chi connectivity index (χ2n) is 5.55. The number of rotatable bonds is 4. The number of aryl methyl sites for hydroxylation is 1. The van der Waals surface area contributed by atoms with Crippen molar-refractivity contribution in [3.63, 3.8) is 0 Å². The Morgan fingerprint density at radius 1 is 1.26 bits per heavy atom. The average molecular weight is 310 g/mol. The lowest BCUT2D eigenvalue weighted by Crippen LogP contribution is -2.26. The zero-order chi connectivity index (χ0) is 16.2. The van der Waals surface area contributed by atoms with Crippen molar-refractivity contribution in [2.75, 3.05) is 11.9 Å². The van der Waals surface area contributed by atoms with Gasteiger partial charge in [0.25, 0.3) is 5.91 Å². The highest BCUT2D eigenvalue weighted by Crippen LogP contribution is 2.28. The van der Waals surface area contributed by atoms with Crippen LogP contribution in [0.5, 0.6) is 5.75 Å². The molecule has 3 rings (SSSR count). The molecule has 1 aliphatic heterocycles. The average Bonchev–Trinajstić information content (AvgIpc) is 2.54. The number of carbonyl (C=O) groups is 2. The minimum Gasteiger partial charge on any atom is -0.482 e. The lowest BCUT2D eigenvalue weighted by molar-refractivity contribution is -0.120. The summed E-state index contributed by atoms with van der Waals surface area (Å²) in [5, 5.41) is 5.66. The van der Waals surface area contributed by atoms with E-state index in [9.17, 15) is 9.59 Å². The zero-order valence-corrected chi connectivity index (χ0v) is 12.9. The zero-order valence-electron chi connectivity index (χ0n) is 12.9. The van der Waals surface area contributed by atoms with Gasteiger partial charge in [-0.1, -0.05) is 30.3 Å². The SMILES string of the molecule is Cc1ccccc1CNC(=O)Cc1ccc2c(c1)NC(=O)CO2. The summed E-state index contributed by atoms with van der Waals surface area (Å²) in [4.78, 5) is 23.4. The van der Waals surface area contributed by atoms with Crippen LogP contribution in [0.1, 0.15) is 16.7 Å². The van der Waals surface area contributed by atoms with Crippen LogP contribution in [0.3, 0.4) is 0 Å². The quantitative estimate of drug-likeness (QED) is 0.909. The molecular weight excluding hydrogens is 292 g/mol.